The van der Waals surface area contributed by atoms with Crippen LogP contribution in [0.1, 0.15) is 39.4 Å². The third kappa shape index (κ3) is 6.31. The second-order valence-corrected chi connectivity index (χ2v) is 10.2. The maximum Gasteiger partial charge on any atom is 0.471 e. The topological polar surface area (TPSA) is 163 Å². The number of halogens is 1. The lowest BCUT2D eigenvalue weighted by atomic mass is 10.1. The molecule has 0 aliphatic carbocycles. The number of ether oxygens (including phenoxy) is 4. The Morgan fingerprint density at radius 3 is 2.38 bits per heavy atom. The van der Waals surface area contributed by atoms with Gasteiger partial charge in [-0.25, -0.2) is 23.9 Å². The van der Waals surface area contributed by atoms with E-state index in [-0.39, 0.29) is 76.5 Å². The van der Waals surface area contributed by atoms with Crippen LogP contribution in [0.3, 0.4) is 0 Å². The first-order valence-corrected chi connectivity index (χ1v) is 13.2. The van der Waals surface area contributed by atoms with Gasteiger partial charge in [0, 0.05) is 18.5 Å². The highest BCUT2D eigenvalue weighted by molar-refractivity contribution is 7.46. The summed E-state index contributed by atoms with van der Waals surface area (Å²) in [7, 11) is -0.870. The van der Waals surface area contributed by atoms with E-state index in [0.29, 0.717) is 0 Å². The first-order chi connectivity index (χ1) is 19.7. The standard InChI is InChI=1S/C25H28FN4O9P/c1-25(2)24(31)30(13-38-40(32,33)34)23-18(39-25)7-6-15(28-23)11-17-16(26)12-27-21(29-17)10-14-8-19(35-3)22(37-5)20(9-14)36-4/h6-9,12H,10-11,13H2,1-5H3,(H2,32,33,34)/i8D,9D. The number of aromatic nitrogens is 3. The number of phosphoric acid groups is 1. The monoisotopic (exact) mass is 580 g/mol. The van der Waals surface area contributed by atoms with Crippen LogP contribution in [0, 0.1) is 5.82 Å². The van der Waals surface area contributed by atoms with Crippen molar-refractivity contribution in [3.8, 4) is 23.0 Å². The highest BCUT2D eigenvalue weighted by Crippen LogP contribution is 2.41. The van der Waals surface area contributed by atoms with Crippen molar-refractivity contribution in [2.24, 2.45) is 0 Å². The fourth-order valence-electron chi connectivity index (χ4n) is 3.90. The zero-order valence-corrected chi connectivity index (χ0v) is 23.1. The molecule has 0 unspecified atom stereocenters. The summed E-state index contributed by atoms with van der Waals surface area (Å²) in [6, 6.07) is 2.73. The number of rotatable bonds is 10. The first kappa shape index (κ1) is 26.4. The molecule has 0 fully saturated rings. The van der Waals surface area contributed by atoms with Crippen LogP contribution in [0.4, 0.5) is 10.2 Å². The minimum Gasteiger partial charge on any atom is -0.493 e. The maximum absolute atomic E-state index is 14.8. The Kier molecular flexibility index (Phi) is 7.48. The van der Waals surface area contributed by atoms with Crippen molar-refractivity contribution in [3.63, 3.8) is 0 Å². The number of methoxy groups -OCH3 is 3. The molecule has 0 saturated heterocycles. The summed E-state index contributed by atoms with van der Waals surface area (Å²) in [4.78, 5) is 44.8. The summed E-state index contributed by atoms with van der Waals surface area (Å²) in [6.07, 6.45) is 0.650. The Morgan fingerprint density at radius 1 is 1.10 bits per heavy atom. The molecule has 13 nitrogen and oxygen atoms in total. The van der Waals surface area contributed by atoms with Gasteiger partial charge in [-0.3, -0.25) is 14.2 Å². The number of carbonyl (C=O) groups excluding carboxylic acids is 1. The summed E-state index contributed by atoms with van der Waals surface area (Å²) in [5, 5.41) is 0. The second-order valence-electron chi connectivity index (χ2n) is 8.98. The summed E-state index contributed by atoms with van der Waals surface area (Å²) in [6.45, 7) is 2.16. The van der Waals surface area contributed by atoms with Crippen LogP contribution in [-0.4, -0.2) is 64.3 Å². The molecule has 1 aliphatic rings. The van der Waals surface area contributed by atoms with Gasteiger partial charge in [0.2, 0.25) is 5.75 Å². The fraction of sp³-hybridized carbons (Fsp3) is 0.360. The fourth-order valence-corrected chi connectivity index (χ4v) is 4.17. The molecule has 0 radical (unpaired) electrons. The van der Waals surface area contributed by atoms with Crippen LogP contribution in [0.5, 0.6) is 23.0 Å². The minimum absolute atomic E-state index is 0.0492. The normalized spacial score (nSPS) is 15.1. The van der Waals surface area contributed by atoms with E-state index in [4.69, 9.17) is 31.5 Å². The Balaban J connectivity index is 1.68. The molecule has 3 aromatic rings. The number of carbonyl (C=O) groups is 1. The van der Waals surface area contributed by atoms with Gasteiger partial charge in [-0.15, -0.1) is 0 Å². The number of amides is 1. The van der Waals surface area contributed by atoms with Gasteiger partial charge < -0.3 is 28.7 Å². The van der Waals surface area contributed by atoms with E-state index in [2.05, 4.69) is 19.5 Å². The molecule has 0 atom stereocenters. The molecule has 1 aromatic carbocycles. The minimum atomic E-state index is -4.92. The van der Waals surface area contributed by atoms with E-state index in [1.165, 1.54) is 47.3 Å². The molecular formula is C25H28FN4O9P. The van der Waals surface area contributed by atoms with Gasteiger partial charge in [0.15, 0.2) is 34.5 Å². The van der Waals surface area contributed by atoms with E-state index < -0.39 is 31.9 Å². The molecule has 2 N–H and O–H groups in total. The molecule has 0 spiro atoms. The molecule has 0 bridgehead atoms. The first-order valence-electron chi connectivity index (χ1n) is 12.7. The van der Waals surface area contributed by atoms with Crippen LogP contribution in [0.15, 0.2) is 30.4 Å². The molecular weight excluding hydrogens is 550 g/mol. The lowest BCUT2D eigenvalue weighted by molar-refractivity contribution is -0.133. The zero-order chi connectivity index (χ0) is 31.0. The Bertz CT molecular complexity index is 1560. The lowest BCUT2D eigenvalue weighted by Gasteiger charge is -2.37. The third-order valence-corrected chi connectivity index (χ3v) is 6.19. The molecule has 3 heterocycles. The number of pyridine rings is 1. The van der Waals surface area contributed by atoms with Gasteiger partial charge >= 0.3 is 7.82 Å². The molecule has 2 aromatic heterocycles. The van der Waals surface area contributed by atoms with Crippen molar-refractivity contribution in [1.82, 2.24) is 15.0 Å². The molecule has 0 saturated carbocycles. The van der Waals surface area contributed by atoms with E-state index >= 15 is 0 Å². The van der Waals surface area contributed by atoms with Gasteiger partial charge in [-0.1, -0.05) is 0 Å². The van der Waals surface area contributed by atoms with Crippen LogP contribution < -0.4 is 23.8 Å². The van der Waals surface area contributed by atoms with E-state index in [1.54, 1.807) is 0 Å². The van der Waals surface area contributed by atoms with Gasteiger partial charge in [-0.05, 0) is 43.6 Å². The quantitative estimate of drug-likeness (QED) is 0.338. The van der Waals surface area contributed by atoms with Crippen LogP contribution >= 0.6 is 7.82 Å². The lowest BCUT2D eigenvalue weighted by Crippen LogP contribution is -2.53. The molecule has 4 rings (SSSR count). The van der Waals surface area contributed by atoms with Crippen LogP contribution in [0.2, 0.25) is 0 Å². The highest BCUT2D eigenvalue weighted by atomic mass is 31.2. The Hall–Kier alpha value is -3.84. The third-order valence-electron chi connectivity index (χ3n) is 5.74. The number of phosphoric ester groups is 1. The molecule has 214 valence electrons. The number of hydrogen-bond donors (Lipinski definition) is 2. The molecule has 1 aliphatic heterocycles. The number of fused-ring (bicyclic) bond motifs is 1. The second kappa shape index (κ2) is 11.3. The van der Waals surface area contributed by atoms with Crippen molar-refractivity contribution in [1.29, 1.82) is 0 Å². The van der Waals surface area contributed by atoms with Gasteiger partial charge in [0.1, 0.15) is 12.6 Å². The largest absolute Gasteiger partial charge is 0.493 e. The van der Waals surface area contributed by atoms with Gasteiger partial charge in [-0.2, -0.15) is 0 Å². The van der Waals surface area contributed by atoms with Crippen molar-refractivity contribution in [2.45, 2.75) is 32.3 Å². The summed E-state index contributed by atoms with van der Waals surface area (Å²) in [5.41, 5.74) is -1.04. The van der Waals surface area contributed by atoms with E-state index in [1.807, 2.05) is 0 Å². The number of hydrogen-bond acceptors (Lipinski definition) is 10. The Morgan fingerprint density at radius 2 is 1.77 bits per heavy atom. The molecule has 1 amide bonds. The van der Waals surface area contributed by atoms with Gasteiger partial charge in [0.25, 0.3) is 5.91 Å². The van der Waals surface area contributed by atoms with E-state index in [9.17, 15) is 13.8 Å². The highest BCUT2D eigenvalue weighted by Gasteiger charge is 2.42. The van der Waals surface area contributed by atoms with Gasteiger partial charge in [0.05, 0.1) is 36.0 Å². The SMILES string of the molecule is [2H]c1c(Cc2ncc(F)c(Cc3ccc4c(n3)N(COP(=O)(O)O)C(=O)C(C)(C)O4)n2)c([2H])c(OC)c(OC)c1OC. The zero-order valence-electron chi connectivity index (χ0n) is 24.2. The van der Waals surface area contributed by atoms with Crippen molar-refractivity contribution < 1.29 is 49.7 Å². The summed E-state index contributed by atoms with van der Waals surface area (Å²) in [5.74, 6) is -1.06. The average Bonchev–Trinajstić information content (AvgIpc) is 2.92. The number of nitrogens with zero attached hydrogens (tertiary/aromatic N) is 4. The summed E-state index contributed by atoms with van der Waals surface area (Å²) < 4.78 is 69.3. The number of anilines is 1. The van der Waals surface area contributed by atoms with Crippen molar-refractivity contribution >= 4 is 19.5 Å². The predicted molar refractivity (Wildman–Crippen MR) is 138 cm³/mol. The maximum atomic E-state index is 14.8. The number of benzene rings is 1. The average molecular weight is 581 g/mol. The molecule has 15 heteroatoms. The predicted octanol–water partition coefficient (Wildman–Crippen LogP) is 2.79. The van der Waals surface area contributed by atoms with E-state index in [0.717, 1.165) is 11.1 Å². The Labute approximate surface area is 231 Å². The van der Waals surface area contributed by atoms with Crippen molar-refractivity contribution in [3.05, 3.63) is 59.0 Å². The molecule has 40 heavy (non-hydrogen) atoms. The van der Waals surface area contributed by atoms with Crippen LogP contribution in [0.25, 0.3) is 0 Å². The summed E-state index contributed by atoms with van der Waals surface area (Å²) >= 11 is 0. The van der Waals surface area contributed by atoms with Crippen molar-refractivity contribution in [2.75, 3.05) is 33.0 Å². The smallest absolute Gasteiger partial charge is 0.471 e. The van der Waals surface area contributed by atoms with Crippen LogP contribution in [-0.2, 0) is 26.7 Å².